The van der Waals surface area contributed by atoms with E-state index >= 15 is 0 Å². The van der Waals surface area contributed by atoms with Gasteiger partial charge in [-0.2, -0.15) is 0 Å². The molecule has 0 aliphatic rings. The highest BCUT2D eigenvalue weighted by molar-refractivity contribution is 5.82. The normalized spacial score (nSPS) is 11.0. The number of pyridine rings is 1. The Morgan fingerprint density at radius 2 is 2.10 bits per heavy atom. The zero-order valence-corrected chi connectivity index (χ0v) is 12.3. The lowest BCUT2D eigenvalue weighted by Crippen LogP contribution is -2.10. The Morgan fingerprint density at radius 3 is 2.95 bits per heavy atom. The van der Waals surface area contributed by atoms with Crippen molar-refractivity contribution < 1.29 is 4.74 Å². The minimum absolute atomic E-state index is 0.104. The second-order valence-electron chi connectivity index (χ2n) is 5.24. The Hall–Kier alpha value is -2.49. The fourth-order valence-corrected chi connectivity index (χ4v) is 2.33. The van der Waals surface area contributed by atoms with E-state index in [0.29, 0.717) is 5.88 Å². The predicted octanol–water partition coefficient (Wildman–Crippen LogP) is 3.96. The number of H-pyrrole nitrogens is 1. The van der Waals surface area contributed by atoms with Crippen LogP contribution in [0.1, 0.15) is 19.4 Å². The summed E-state index contributed by atoms with van der Waals surface area (Å²) in [5, 5.41) is 4.63. The summed E-state index contributed by atoms with van der Waals surface area (Å²) in [5.41, 5.74) is 3.30. The van der Waals surface area contributed by atoms with Gasteiger partial charge in [0, 0.05) is 18.9 Å². The Bertz CT molecular complexity index is 733. The fourth-order valence-electron chi connectivity index (χ4n) is 2.33. The van der Waals surface area contributed by atoms with Gasteiger partial charge in [0.25, 0.3) is 0 Å². The van der Waals surface area contributed by atoms with E-state index in [1.54, 1.807) is 6.20 Å². The van der Waals surface area contributed by atoms with Crippen LogP contribution in [0.25, 0.3) is 10.9 Å². The van der Waals surface area contributed by atoms with Gasteiger partial charge >= 0.3 is 0 Å². The molecule has 3 rings (SSSR count). The molecule has 0 unspecified atom stereocenters. The van der Waals surface area contributed by atoms with E-state index in [1.165, 1.54) is 16.5 Å². The Kier molecular flexibility index (Phi) is 3.77. The van der Waals surface area contributed by atoms with Gasteiger partial charge in [-0.25, -0.2) is 4.98 Å². The number of nitrogens with one attached hydrogen (secondary N) is 2. The van der Waals surface area contributed by atoms with Crippen molar-refractivity contribution in [3.05, 3.63) is 54.4 Å². The molecule has 0 saturated heterocycles. The summed E-state index contributed by atoms with van der Waals surface area (Å²) in [6.07, 6.45) is 3.81. The summed E-state index contributed by atoms with van der Waals surface area (Å²) in [6, 6.07) is 12.3. The van der Waals surface area contributed by atoms with Gasteiger partial charge < -0.3 is 15.0 Å². The van der Waals surface area contributed by atoms with Crippen LogP contribution in [0.2, 0.25) is 0 Å². The molecule has 2 aromatic heterocycles. The first-order chi connectivity index (χ1) is 10.2. The quantitative estimate of drug-likeness (QED) is 0.744. The molecule has 0 atom stereocenters. The van der Waals surface area contributed by atoms with Crippen molar-refractivity contribution >= 4 is 16.6 Å². The average Bonchev–Trinajstić information content (AvgIpc) is 2.95. The largest absolute Gasteiger partial charge is 0.473 e. The highest BCUT2D eigenvalue weighted by Crippen LogP contribution is 2.24. The van der Waals surface area contributed by atoms with E-state index < -0.39 is 0 Å². The Morgan fingerprint density at radius 1 is 1.19 bits per heavy atom. The van der Waals surface area contributed by atoms with Gasteiger partial charge in [-0.1, -0.05) is 18.2 Å². The minimum atomic E-state index is 0.104. The number of hydrogen-bond donors (Lipinski definition) is 2. The molecule has 2 N–H and O–H groups in total. The van der Waals surface area contributed by atoms with Gasteiger partial charge in [-0.05, 0) is 43.0 Å². The molecule has 108 valence electrons. The molecule has 0 aliphatic heterocycles. The Balaban J connectivity index is 1.80. The lowest BCUT2D eigenvalue weighted by atomic mass is 10.1. The number of hydrogen-bond acceptors (Lipinski definition) is 3. The van der Waals surface area contributed by atoms with Crippen LogP contribution in [0, 0.1) is 0 Å². The molecule has 0 saturated carbocycles. The molecular formula is C17H19N3O. The van der Waals surface area contributed by atoms with E-state index in [9.17, 15) is 0 Å². The lowest BCUT2D eigenvalue weighted by Gasteiger charge is -2.14. The summed E-state index contributed by atoms with van der Waals surface area (Å²) in [4.78, 5) is 7.58. The first-order valence-corrected chi connectivity index (χ1v) is 7.14. The second kappa shape index (κ2) is 5.87. The van der Waals surface area contributed by atoms with Gasteiger partial charge in [-0.3, -0.25) is 0 Å². The van der Waals surface area contributed by atoms with Crippen molar-refractivity contribution in [2.45, 2.75) is 26.5 Å². The summed E-state index contributed by atoms with van der Waals surface area (Å²) < 4.78 is 5.72. The number of rotatable bonds is 5. The van der Waals surface area contributed by atoms with Crippen LogP contribution in [-0.4, -0.2) is 16.1 Å². The highest BCUT2D eigenvalue weighted by atomic mass is 16.5. The number of aromatic nitrogens is 2. The molecule has 0 spiro atoms. The molecule has 3 aromatic rings. The van der Waals surface area contributed by atoms with Crippen LogP contribution < -0.4 is 10.1 Å². The monoisotopic (exact) mass is 281 g/mol. The van der Waals surface area contributed by atoms with Gasteiger partial charge in [0.05, 0.1) is 17.3 Å². The number of ether oxygens (including phenoxy) is 1. The summed E-state index contributed by atoms with van der Waals surface area (Å²) in [5.74, 6) is 0.645. The zero-order valence-electron chi connectivity index (χ0n) is 12.3. The number of aromatic amines is 1. The first kappa shape index (κ1) is 13.5. The predicted molar refractivity (Wildman–Crippen MR) is 85.6 cm³/mol. The van der Waals surface area contributed by atoms with Crippen LogP contribution in [-0.2, 0) is 6.54 Å². The van der Waals surface area contributed by atoms with E-state index in [2.05, 4.69) is 39.6 Å². The molecule has 21 heavy (non-hydrogen) atoms. The summed E-state index contributed by atoms with van der Waals surface area (Å²) >= 11 is 0. The van der Waals surface area contributed by atoms with Crippen LogP contribution in [0.3, 0.4) is 0 Å². The number of anilines is 1. The van der Waals surface area contributed by atoms with E-state index in [0.717, 1.165) is 12.2 Å². The molecule has 0 fully saturated rings. The van der Waals surface area contributed by atoms with E-state index in [-0.39, 0.29) is 6.10 Å². The number of benzene rings is 1. The standard InChI is InChI=1S/C17H19N3O/c1-12(2)21-17-15(7-4-9-19-17)20-11-14-6-3-5-13-8-10-18-16(13)14/h3-10,12,18,20H,11H2,1-2H3. The smallest absolute Gasteiger partial charge is 0.237 e. The number of nitrogens with zero attached hydrogens (tertiary/aromatic N) is 1. The molecule has 4 nitrogen and oxygen atoms in total. The maximum Gasteiger partial charge on any atom is 0.237 e. The molecule has 4 heteroatoms. The van der Waals surface area contributed by atoms with Gasteiger partial charge in [0.2, 0.25) is 5.88 Å². The van der Waals surface area contributed by atoms with Crippen molar-refractivity contribution in [3.8, 4) is 5.88 Å². The van der Waals surface area contributed by atoms with Crippen molar-refractivity contribution in [1.82, 2.24) is 9.97 Å². The summed E-state index contributed by atoms with van der Waals surface area (Å²) in [6.45, 7) is 4.72. The maximum atomic E-state index is 5.72. The SMILES string of the molecule is CC(C)Oc1ncccc1NCc1cccc2cc[nH]c12. The molecule has 1 aromatic carbocycles. The topological polar surface area (TPSA) is 49.9 Å². The number of fused-ring (bicyclic) bond motifs is 1. The van der Waals surface area contributed by atoms with Crippen molar-refractivity contribution in [3.63, 3.8) is 0 Å². The molecule has 0 radical (unpaired) electrons. The van der Waals surface area contributed by atoms with Crippen molar-refractivity contribution in [2.24, 2.45) is 0 Å². The molecule has 0 bridgehead atoms. The summed E-state index contributed by atoms with van der Waals surface area (Å²) in [7, 11) is 0. The van der Waals surface area contributed by atoms with Crippen molar-refractivity contribution in [1.29, 1.82) is 0 Å². The first-order valence-electron chi connectivity index (χ1n) is 7.14. The maximum absolute atomic E-state index is 5.72. The Labute approximate surface area is 124 Å². The minimum Gasteiger partial charge on any atom is -0.473 e. The van der Waals surface area contributed by atoms with Crippen LogP contribution in [0.5, 0.6) is 5.88 Å². The zero-order chi connectivity index (χ0) is 14.7. The number of para-hydroxylation sites is 1. The lowest BCUT2D eigenvalue weighted by molar-refractivity contribution is 0.234. The third-order valence-corrected chi connectivity index (χ3v) is 3.26. The fraction of sp³-hybridized carbons (Fsp3) is 0.235. The van der Waals surface area contributed by atoms with Crippen LogP contribution >= 0.6 is 0 Å². The second-order valence-corrected chi connectivity index (χ2v) is 5.24. The highest BCUT2D eigenvalue weighted by Gasteiger charge is 2.07. The van der Waals surface area contributed by atoms with Gasteiger partial charge in [0.1, 0.15) is 0 Å². The van der Waals surface area contributed by atoms with Gasteiger partial charge in [0.15, 0.2) is 0 Å². The molecular weight excluding hydrogens is 262 g/mol. The van der Waals surface area contributed by atoms with Crippen LogP contribution in [0.4, 0.5) is 5.69 Å². The third kappa shape index (κ3) is 2.99. The molecule has 0 amide bonds. The van der Waals surface area contributed by atoms with E-state index in [1.807, 2.05) is 32.2 Å². The molecule has 0 aliphatic carbocycles. The molecule has 2 heterocycles. The average molecular weight is 281 g/mol. The van der Waals surface area contributed by atoms with E-state index in [4.69, 9.17) is 4.74 Å². The van der Waals surface area contributed by atoms with Gasteiger partial charge in [-0.15, -0.1) is 0 Å². The van der Waals surface area contributed by atoms with Crippen molar-refractivity contribution in [2.75, 3.05) is 5.32 Å². The third-order valence-electron chi connectivity index (χ3n) is 3.26. The van der Waals surface area contributed by atoms with Crippen LogP contribution in [0.15, 0.2) is 48.8 Å².